The predicted molar refractivity (Wildman–Crippen MR) is 59.7 cm³/mol. The van der Waals surface area contributed by atoms with Crippen molar-refractivity contribution in [1.29, 1.82) is 0 Å². The van der Waals surface area contributed by atoms with Crippen molar-refractivity contribution in [3.63, 3.8) is 0 Å². The summed E-state index contributed by atoms with van der Waals surface area (Å²) in [5.41, 5.74) is 0.192. The lowest BCUT2D eigenvalue weighted by Crippen LogP contribution is -2.52. The van der Waals surface area contributed by atoms with Crippen LogP contribution in [0.15, 0.2) is 18.2 Å². The highest BCUT2D eigenvalue weighted by atomic mass is 19.2. The molecule has 1 atom stereocenters. The summed E-state index contributed by atoms with van der Waals surface area (Å²) in [6.07, 6.45) is 0. The minimum absolute atomic E-state index is 0.0596. The number of amides is 1. The van der Waals surface area contributed by atoms with Gasteiger partial charge < -0.3 is 10.2 Å². The Labute approximate surface area is 98.4 Å². The number of hydrogen-bond donors (Lipinski definition) is 1. The summed E-state index contributed by atoms with van der Waals surface area (Å²) in [5.74, 6) is -2.17. The van der Waals surface area contributed by atoms with Gasteiger partial charge in [0.05, 0.1) is 0 Å². The van der Waals surface area contributed by atoms with Crippen LogP contribution in [-0.4, -0.2) is 36.5 Å². The summed E-state index contributed by atoms with van der Waals surface area (Å²) in [7, 11) is 0. The van der Waals surface area contributed by atoms with Crippen LogP contribution in [0, 0.1) is 11.6 Å². The quantitative estimate of drug-likeness (QED) is 0.804. The number of halogens is 2. The summed E-state index contributed by atoms with van der Waals surface area (Å²) in [6.45, 7) is 3.94. The molecule has 1 fully saturated rings. The van der Waals surface area contributed by atoms with E-state index in [0.29, 0.717) is 6.54 Å². The molecule has 92 valence electrons. The molecule has 0 aliphatic carbocycles. The molecule has 1 aromatic carbocycles. The highest BCUT2D eigenvalue weighted by Gasteiger charge is 2.24. The minimum atomic E-state index is -0.987. The molecule has 0 radical (unpaired) electrons. The zero-order valence-corrected chi connectivity index (χ0v) is 9.54. The Morgan fingerprint density at radius 2 is 2.18 bits per heavy atom. The van der Waals surface area contributed by atoms with Gasteiger partial charge in [-0.05, 0) is 25.1 Å². The molecule has 1 amide bonds. The molecule has 0 bridgehead atoms. The number of carbonyl (C=O) groups is 1. The fourth-order valence-electron chi connectivity index (χ4n) is 1.94. The van der Waals surface area contributed by atoms with Gasteiger partial charge in [0.15, 0.2) is 11.6 Å². The molecule has 1 saturated heterocycles. The molecule has 2 rings (SSSR count). The normalized spacial score (nSPS) is 20.4. The van der Waals surface area contributed by atoms with Crippen LogP contribution >= 0.6 is 0 Å². The van der Waals surface area contributed by atoms with Crippen LogP contribution in [-0.2, 0) is 0 Å². The topological polar surface area (TPSA) is 32.3 Å². The van der Waals surface area contributed by atoms with E-state index in [9.17, 15) is 13.6 Å². The highest BCUT2D eigenvalue weighted by Crippen LogP contribution is 2.13. The molecule has 0 unspecified atom stereocenters. The van der Waals surface area contributed by atoms with Gasteiger partial charge in [0.1, 0.15) is 0 Å². The Morgan fingerprint density at radius 1 is 1.41 bits per heavy atom. The first kappa shape index (κ1) is 12.0. The SMILES string of the molecule is C[C@H]1CNCCN1C(=O)c1ccc(F)c(F)c1. The molecule has 5 heteroatoms. The van der Waals surface area contributed by atoms with E-state index in [4.69, 9.17) is 0 Å². The second-order valence-corrected chi connectivity index (χ2v) is 4.18. The fraction of sp³-hybridized carbons (Fsp3) is 0.417. The predicted octanol–water partition coefficient (Wildman–Crippen LogP) is 1.40. The molecule has 1 N–H and O–H groups in total. The second-order valence-electron chi connectivity index (χ2n) is 4.18. The van der Waals surface area contributed by atoms with Crippen molar-refractivity contribution in [2.75, 3.05) is 19.6 Å². The lowest BCUT2D eigenvalue weighted by Gasteiger charge is -2.34. The van der Waals surface area contributed by atoms with Gasteiger partial charge in [-0.1, -0.05) is 0 Å². The number of rotatable bonds is 1. The summed E-state index contributed by atoms with van der Waals surface area (Å²) in [4.78, 5) is 13.8. The number of benzene rings is 1. The van der Waals surface area contributed by atoms with E-state index in [0.717, 1.165) is 25.2 Å². The summed E-state index contributed by atoms with van der Waals surface area (Å²) < 4.78 is 25.8. The fourth-order valence-corrected chi connectivity index (χ4v) is 1.94. The van der Waals surface area contributed by atoms with Crippen LogP contribution in [0.4, 0.5) is 8.78 Å². The van der Waals surface area contributed by atoms with E-state index in [-0.39, 0.29) is 17.5 Å². The van der Waals surface area contributed by atoms with Crippen molar-refractivity contribution in [3.05, 3.63) is 35.4 Å². The average molecular weight is 240 g/mol. The third-order valence-corrected chi connectivity index (χ3v) is 2.93. The minimum Gasteiger partial charge on any atom is -0.333 e. The van der Waals surface area contributed by atoms with Gasteiger partial charge in [0.2, 0.25) is 0 Å². The van der Waals surface area contributed by atoms with E-state index in [1.807, 2.05) is 6.92 Å². The van der Waals surface area contributed by atoms with Crippen molar-refractivity contribution in [2.45, 2.75) is 13.0 Å². The Bertz CT molecular complexity index is 437. The monoisotopic (exact) mass is 240 g/mol. The Kier molecular flexibility index (Phi) is 3.38. The molecule has 1 heterocycles. The maximum absolute atomic E-state index is 13.0. The number of nitrogens with one attached hydrogen (secondary N) is 1. The number of nitrogens with zero attached hydrogens (tertiary/aromatic N) is 1. The average Bonchev–Trinajstić information content (AvgIpc) is 2.32. The summed E-state index contributed by atoms with van der Waals surface area (Å²) in [5, 5.41) is 3.16. The molecule has 17 heavy (non-hydrogen) atoms. The first-order chi connectivity index (χ1) is 8.09. The van der Waals surface area contributed by atoms with Crippen molar-refractivity contribution >= 4 is 5.91 Å². The third kappa shape index (κ3) is 2.44. The van der Waals surface area contributed by atoms with E-state index in [1.165, 1.54) is 6.07 Å². The third-order valence-electron chi connectivity index (χ3n) is 2.93. The van der Waals surface area contributed by atoms with Gasteiger partial charge in [0.25, 0.3) is 5.91 Å². The molecule has 1 aromatic rings. The lowest BCUT2D eigenvalue weighted by atomic mass is 10.1. The summed E-state index contributed by atoms with van der Waals surface area (Å²) in [6, 6.07) is 3.31. The molecular formula is C12H14F2N2O. The van der Waals surface area contributed by atoms with Crippen LogP contribution < -0.4 is 5.32 Å². The van der Waals surface area contributed by atoms with Crippen LogP contribution in [0.2, 0.25) is 0 Å². The number of piperazine rings is 1. The van der Waals surface area contributed by atoms with E-state index < -0.39 is 11.6 Å². The van der Waals surface area contributed by atoms with Gasteiger partial charge >= 0.3 is 0 Å². The van der Waals surface area contributed by atoms with Crippen LogP contribution in [0.1, 0.15) is 17.3 Å². The van der Waals surface area contributed by atoms with Gasteiger partial charge in [-0.3, -0.25) is 4.79 Å². The Morgan fingerprint density at radius 3 is 2.82 bits per heavy atom. The van der Waals surface area contributed by atoms with Gasteiger partial charge in [-0.15, -0.1) is 0 Å². The summed E-state index contributed by atoms with van der Waals surface area (Å²) >= 11 is 0. The van der Waals surface area contributed by atoms with E-state index >= 15 is 0 Å². The molecule has 1 aliphatic heterocycles. The van der Waals surface area contributed by atoms with Crippen molar-refractivity contribution in [2.24, 2.45) is 0 Å². The number of carbonyl (C=O) groups excluding carboxylic acids is 1. The Balaban J connectivity index is 2.21. The molecule has 0 saturated carbocycles. The van der Waals surface area contributed by atoms with Crippen molar-refractivity contribution < 1.29 is 13.6 Å². The van der Waals surface area contributed by atoms with Gasteiger partial charge in [0, 0.05) is 31.2 Å². The zero-order chi connectivity index (χ0) is 12.4. The maximum atomic E-state index is 13.0. The first-order valence-corrected chi connectivity index (χ1v) is 5.56. The van der Waals surface area contributed by atoms with Crippen molar-refractivity contribution in [1.82, 2.24) is 10.2 Å². The first-order valence-electron chi connectivity index (χ1n) is 5.56. The van der Waals surface area contributed by atoms with E-state index in [2.05, 4.69) is 5.32 Å². The van der Waals surface area contributed by atoms with Crippen molar-refractivity contribution in [3.8, 4) is 0 Å². The highest BCUT2D eigenvalue weighted by molar-refractivity contribution is 5.94. The van der Waals surface area contributed by atoms with Gasteiger partial charge in [-0.2, -0.15) is 0 Å². The standard InChI is InChI=1S/C12H14F2N2O/c1-8-7-15-4-5-16(8)12(17)9-2-3-10(13)11(14)6-9/h2-3,6,8,15H,4-5,7H2,1H3/t8-/m0/s1. The van der Waals surface area contributed by atoms with Gasteiger partial charge in [-0.25, -0.2) is 8.78 Å². The Hall–Kier alpha value is -1.49. The number of hydrogen-bond acceptors (Lipinski definition) is 2. The molecule has 0 spiro atoms. The van der Waals surface area contributed by atoms with Crippen LogP contribution in [0.5, 0.6) is 0 Å². The maximum Gasteiger partial charge on any atom is 0.254 e. The molecule has 3 nitrogen and oxygen atoms in total. The lowest BCUT2D eigenvalue weighted by molar-refractivity contribution is 0.0655. The molecule has 1 aliphatic rings. The molecule has 0 aromatic heterocycles. The van der Waals surface area contributed by atoms with Crippen LogP contribution in [0.3, 0.4) is 0 Å². The van der Waals surface area contributed by atoms with Crippen LogP contribution in [0.25, 0.3) is 0 Å². The zero-order valence-electron chi connectivity index (χ0n) is 9.54. The molecular weight excluding hydrogens is 226 g/mol. The van der Waals surface area contributed by atoms with E-state index in [1.54, 1.807) is 4.90 Å². The largest absolute Gasteiger partial charge is 0.333 e. The smallest absolute Gasteiger partial charge is 0.254 e. The second kappa shape index (κ2) is 4.79.